The molecule has 2 amide bonds. The molecule has 3 aromatic rings. The molecule has 0 bridgehead atoms. The molecule has 0 radical (unpaired) electrons. The van der Waals surface area contributed by atoms with Gasteiger partial charge in [0.25, 0.3) is 0 Å². The molecular formula is C31H33N3O5. The van der Waals surface area contributed by atoms with Gasteiger partial charge in [-0.1, -0.05) is 78.9 Å². The number of hydrogen-bond acceptors (Lipinski definition) is 5. The molecule has 1 unspecified atom stereocenters. The summed E-state index contributed by atoms with van der Waals surface area (Å²) in [6.07, 6.45) is 0.704. The number of alkyl carbamates (subject to hydrolysis) is 1. The molecule has 0 aliphatic heterocycles. The Morgan fingerprint density at radius 3 is 2.13 bits per heavy atom. The third kappa shape index (κ3) is 6.29. The van der Waals surface area contributed by atoms with Crippen molar-refractivity contribution in [3.8, 4) is 11.1 Å². The van der Waals surface area contributed by atoms with E-state index in [1.807, 2.05) is 66.5 Å². The quantitative estimate of drug-likeness (QED) is 0.346. The average molecular weight is 528 g/mol. The predicted molar refractivity (Wildman–Crippen MR) is 147 cm³/mol. The molecule has 1 saturated carbocycles. The monoisotopic (exact) mass is 527 g/mol. The van der Waals surface area contributed by atoms with E-state index in [2.05, 4.69) is 34.9 Å². The van der Waals surface area contributed by atoms with Crippen molar-refractivity contribution in [2.24, 2.45) is 0 Å². The Morgan fingerprint density at radius 1 is 0.949 bits per heavy atom. The maximum Gasteiger partial charge on any atom is 0.407 e. The number of nitrogens with one attached hydrogen (secondary N) is 2. The number of fused-ring (bicyclic) bond motifs is 3. The summed E-state index contributed by atoms with van der Waals surface area (Å²) < 4.78 is 5.64. The fraction of sp³-hybridized carbons (Fsp3) is 0.323. The van der Waals surface area contributed by atoms with Crippen molar-refractivity contribution in [2.75, 3.05) is 20.2 Å². The number of ether oxygens (including phenoxy) is 1. The molecular weight excluding hydrogens is 494 g/mol. The maximum atomic E-state index is 12.8. The minimum atomic E-state index is -1.10. The summed E-state index contributed by atoms with van der Waals surface area (Å²) in [6, 6.07) is 24.9. The van der Waals surface area contributed by atoms with Gasteiger partial charge in [-0.3, -0.25) is 9.69 Å². The predicted octanol–water partition coefficient (Wildman–Crippen LogP) is 4.15. The lowest BCUT2D eigenvalue weighted by Gasteiger charge is -2.24. The van der Waals surface area contributed by atoms with Gasteiger partial charge in [-0.05, 0) is 47.7 Å². The number of carbonyl (C=O) groups is 3. The third-order valence-electron chi connectivity index (χ3n) is 7.49. The number of carboxylic acids is 1. The van der Waals surface area contributed by atoms with Crippen molar-refractivity contribution in [1.29, 1.82) is 0 Å². The van der Waals surface area contributed by atoms with E-state index in [0.717, 1.165) is 27.8 Å². The van der Waals surface area contributed by atoms with Crippen molar-refractivity contribution in [3.63, 3.8) is 0 Å². The molecule has 1 fully saturated rings. The molecule has 0 saturated heterocycles. The molecule has 8 heteroatoms. The minimum absolute atomic E-state index is 0.00335. The maximum absolute atomic E-state index is 12.8. The van der Waals surface area contributed by atoms with Crippen LogP contribution in [0.5, 0.6) is 0 Å². The Morgan fingerprint density at radius 2 is 1.54 bits per heavy atom. The van der Waals surface area contributed by atoms with Crippen molar-refractivity contribution >= 4 is 18.0 Å². The zero-order valence-corrected chi connectivity index (χ0v) is 21.9. The number of carbonyl (C=O) groups excluding carboxylic acids is 2. The van der Waals surface area contributed by atoms with Crippen molar-refractivity contribution in [2.45, 2.75) is 43.3 Å². The molecule has 0 heterocycles. The van der Waals surface area contributed by atoms with E-state index >= 15 is 0 Å². The molecule has 1 atom stereocenters. The SMILES string of the molecule is CN(Cc1ccccc1)CC(NC(=O)CC1(NC(=O)OCC2c3ccccc3-c3ccccc32)CC1)C(=O)O. The van der Waals surface area contributed by atoms with E-state index in [1.54, 1.807) is 0 Å². The number of benzene rings is 3. The first-order chi connectivity index (χ1) is 18.8. The zero-order chi connectivity index (χ0) is 27.4. The molecule has 0 aromatic heterocycles. The standard InChI is InChI=1S/C31H33N3O5/c1-34(18-21-9-3-2-4-10-21)19-27(29(36)37)32-28(35)17-31(15-16-31)33-30(38)39-20-26-24-13-7-5-11-22(24)23-12-6-8-14-25(23)26/h2-14,26-27H,15-20H2,1H3,(H,32,35)(H,33,38)(H,36,37). The van der Waals surface area contributed by atoms with Gasteiger partial charge < -0.3 is 20.5 Å². The van der Waals surface area contributed by atoms with Gasteiger partial charge in [-0.15, -0.1) is 0 Å². The molecule has 3 N–H and O–H groups in total. The Bertz CT molecular complexity index is 1310. The third-order valence-corrected chi connectivity index (χ3v) is 7.49. The highest BCUT2D eigenvalue weighted by Gasteiger charge is 2.46. The second-order valence-electron chi connectivity index (χ2n) is 10.5. The van der Waals surface area contributed by atoms with Crippen LogP contribution in [0.2, 0.25) is 0 Å². The van der Waals surface area contributed by atoms with E-state index < -0.39 is 29.6 Å². The second-order valence-corrected chi connectivity index (χ2v) is 10.5. The number of rotatable bonds is 11. The lowest BCUT2D eigenvalue weighted by molar-refractivity contribution is -0.142. The number of amides is 2. The van der Waals surface area contributed by atoms with Crippen LogP contribution in [0.3, 0.4) is 0 Å². The summed E-state index contributed by atoms with van der Waals surface area (Å²) in [5, 5.41) is 15.2. The van der Waals surface area contributed by atoms with Crippen molar-refractivity contribution in [1.82, 2.24) is 15.5 Å². The Labute approximate surface area is 228 Å². The normalized spacial score (nSPS) is 15.6. The number of hydrogen-bond donors (Lipinski definition) is 3. The summed E-state index contributed by atoms with van der Waals surface area (Å²) in [6.45, 7) is 0.910. The minimum Gasteiger partial charge on any atom is -0.480 e. The van der Waals surface area contributed by atoms with Crippen LogP contribution in [0.25, 0.3) is 11.1 Å². The number of carboxylic acid groups (broad SMARTS) is 1. The van der Waals surface area contributed by atoms with Gasteiger partial charge >= 0.3 is 12.1 Å². The fourth-order valence-corrected chi connectivity index (χ4v) is 5.36. The van der Waals surface area contributed by atoms with Gasteiger partial charge in [0.2, 0.25) is 5.91 Å². The van der Waals surface area contributed by atoms with E-state index in [1.165, 1.54) is 0 Å². The number of nitrogens with zero attached hydrogens (tertiary/aromatic N) is 1. The van der Waals surface area contributed by atoms with Crippen LogP contribution in [0.15, 0.2) is 78.9 Å². The van der Waals surface area contributed by atoms with Crippen LogP contribution in [0.4, 0.5) is 4.79 Å². The molecule has 2 aliphatic carbocycles. The van der Waals surface area contributed by atoms with Crippen LogP contribution in [0.1, 0.15) is 41.9 Å². The second kappa shape index (κ2) is 11.3. The lowest BCUT2D eigenvalue weighted by Crippen LogP contribution is -2.49. The average Bonchev–Trinajstić information content (AvgIpc) is 3.59. The first-order valence-electron chi connectivity index (χ1n) is 13.2. The summed E-state index contributed by atoms with van der Waals surface area (Å²) >= 11 is 0. The van der Waals surface area contributed by atoms with E-state index in [-0.39, 0.29) is 25.5 Å². The van der Waals surface area contributed by atoms with Crippen molar-refractivity contribution in [3.05, 3.63) is 95.6 Å². The van der Waals surface area contributed by atoms with Gasteiger partial charge in [-0.25, -0.2) is 9.59 Å². The number of likely N-dealkylation sites (N-methyl/N-ethyl adjacent to an activating group) is 1. The Hall–Kier alpha value is -4.17. The summed E-state index contributed by atoms with van der Waals surface area (Å²) in [5.41, 5.74) is 4.92. The van der Waals surface area contributed by atoms with E-state index in [0.29, 0.717) is 19.4 Å². The van der Waals surface area contributed by atoms with Crippen LogP contribution >= 0.6 is 0 Å². The topological polar surface area (TPSA) is 108 Å². The summed E-state index contributed by atoms with van der Waals surface area (Å²) in [5.74, 6) is -1.56. The van der Waals surface area contributed by atoms with Crippen LogP contribution < -0.4 is 10.6 Å². The largest absolute Gasteiger partial charge is 0.480 e. The molecule has 39 heavy (non-hydrogen) atoms. The van der Waals surface area contributed by atoms with Gasteiger partial charge in [0, 0.05) is 25.4 Å². The summed E-state index contributed by atoms with van der Waals surface area (Å²) in [7, 11) is 1.82. The molecule has 8 nitrogen and oxygen atoms in total. The first-order valence-corrected chi connectivity index (χ1v) is 13.2. The van der Waals surface area contributed by atoms with Crippen LogP contribution in [0, 0.1) is 0 Å². The van der Waals surface area contributed by atoms with Crippen molar-refractivity contribution < 1.29 is 24.2 Å². The number of aliphatic carboxylic acids is 1. The van der Waals surface area contributed by atoms with Gasteiger partial charge in [-0.2, -0.15) is 0 Å². The molecule has 5 rings (SSSR count). The highest BCUT2D eigenvalue weighted by atomic mass is 16.5. The van der Waals surface area contributed by atoms with Crippen LogP contribution in [-0.2, 0) is 20.9 Å². The summed E-state index contributed by atoms with van der Waals surface area (Å²) in [4.78, 5) is 39.2. The zero-order valence-electron chi connectivity index (χ0n) is 21.9. The highest BCUT2D eigenvalue weighted by molar-refractivity contribution is 5.85. The Balaban J connectivity index is 1.13. The van der Waals surface area contributed by atoms with Gasteiger partial charge in [0.15, 0.2) is 0 Å². The molecule has 3 aromatic carbocycles. The first kappa shape index (κ1) is 26.4. The lowest BCUT2D eigenvalue weighted by atomic mass is 9.98. The van der Waals surface area contributed by atoms with E-state index in [9.17, 15) is 19.5 Å². The van der Waals surface area contributed by atoms with Gasteiger partial charge in [0.1, 0.15) is 12.6 Å². The molecule has 0 spiro atoms. The van der Waals surface area contributed by atoms with E-state index in [4.69, 9.17) is 4.74 Å². The fourth-order valence-electron chi connectivity index (χ4n) is 5.36. The molecule has 202 valence electrons. The highest BCUT2D eigenvalue weighted by Crippen LogP contribution is 2.44. The Kier molecular flexibility index (Phi) is 7.65. The molecule has 2 aliphatic rings. The smallest absolute Gasteiger partial charge is 0.407 e. The van der Waals surface area contributed by atoms with Gasteiger partial charge in [0.05, 0.1) is 5.54 Å². The van der Waals surface area contributed by atoms with Crippen LogP contribution in [-0.4, -0.2) is 59.8 Å².